The highest BCUT2D eigenvalue weighted by Gasteiger charge is 2.21. The van der Waals surface area contributed by atoms with E-state index >= 15 is 0 Å². The van der Waals surface area contributed by atoms with Gasteiger partial charge in [0.2, 0.25) is 5.96 Å². The van der Waals surface area contributed by atoms with Crippen LogP contribution in [0.3, 0.4) is 0 Å². The minimum Gasteiger partial charge on any atom is -0.497 e. The van der Waals surface area contributed by atoms with E-state index in [1.54, 1.807) is 7.11 Å². The topological polar surface area (TPSA) is 71.7 Å². The van der Waals surface area contributed by atoms with Gasteiger partial charge < -0.3 is 10.1 Å². The summed E-state index contributed by atoms with van der Waals surface area (Å²) in [5.41, 5.74) is 3.43. The van der Waals surface area contributed by atoms with Crippen LogP contribution in [0, 0.1) is 0 Å². The van der Waals surface area contributed by atoms with Gasteiger partial charge in [-0.3, -0.25) is 5.43 Å². The van der Waals surface area contributed by atoms with E-state index in [9.17, 15) is 0 Å². The van der Waals surface area contributed by atoms with E-state index in [2.05, 4.69) is 31.7 Å². The lowest BCUT2D eigenvalue weighted by Gasteiger charge is -2.11. The number of hydrogen-bond donors (Lipinski definition) is 3. The maximum atomic E-state index is 5.43. The Balaban J connectivity index is 2.15. The van der Waals surface area contributed by atoms with Crippen molar-refractivity contribution in [2.45, 2.75) is 18.9 Å². The molecule has 4 N–H and O–H groups in total. The monoisotopic (exact) mass is 298 g/mol. The third kappa shape index (κ3) is 3.34. The second kappa shape index (κ2) is 5.37. The molecule has 0 radical (unpaired) electrons. The fourth-order valence-corrected chi connectivity index (χ4v) is 1.69. The first-order valence-electron chi connectivity index (χ1n) is 5.38. The first-order chi connectivity index (χ1) is 8.22. The zero-order valence-electron chi connectivity index (χ0n) is 9.53. The summed E-state index contributed by atoms with van der Waals surface area (Å²) in [5.74, 6) is 6.77. The number of anilines is 1. The summed E-state index contributed by atoms with van der Waals surface area (Å²) in [6.07, 6.45) is 2.26. The molecule has 0 heterocycles. The molecule has 0 unspecified atom stereocenters. The molecular weight excluding hydrogens is 284 g/mol. The van der Waals surface area contributed by atoms with Crippen molar-refractivity contribution in [1.82, 2.24) is 5.43 Å². The van der Waals surface area contributed by atoms with Gasteiger partial charge in [-0.1, -0.05) is 0 Å². The van der Waals surface area contributed by atoms with Crippen LogP contribution in [0.4, 0.5) is 5.69 Å². The Morgan fingerprint density at radius 1 is 1.53 bits per heavy atom. The predicted octanol–water partition coefficient (Wildman–Crippen LogP) is 1.85. The van der Waals surface area contributed by atoms with Crippen molar-refractivity contribution >= 4 is 27.6 Å². The molecule has 1 aliphatic rings. The van der Waals surface area contributed by atoms with Gasteiger partial charge in [-0.05, 0) is 40.9 Å². The van der Waals surface area contributed by atoms with E-state index in [1.807, 2.05) is 18.2 Å². The number of hydrazine groups is 1. The molecule has 1 aromatic rings. The van der Waals surface area contributed by atoms with Crippen LogP contribution in [0.15, 0.2) is 27.7 Å². The highest BCUT2D eigenvalue weighted by Crippen LogP contribution is 2.28. The number of nitrogens with zero attached hydrogens (tertiary/aromatic N) is 1. The summed E-state index contributed by atoms with van der Waals surface area (Å²) < 4.78 is 6.09. The van der Waals surface area contributed by atoms with E-state index in [0.717, 1.165) is 28.8 Å². The Kier molecular flexibility index (Phi) is 3.86. The molecular formula is C11H15BrN4O. The van der Waals surface area contributed by atoms with Crippen LogP contribution in [-0.2, 0) is 0 Å². The number of hydrogen-bond acceptors (Lipinski definition) is 3. The van der Waals surface area contributed by atoms with E-state index in [4.69, 9.17) is 10.6 Å². The highest BCUT2D eigenvalue weighted by atomic mass is 79.9. The van der Waals surface area contributed by atoms with Crippen molar-refractivity contribution in [2.24, 2.45) is 10.8 Å². The van der Waals surface area contributed by atoms with Crippen molar-refractivity contribution < 1.29 is 4.74 Å². The largest absolute Gasteiger partial charge is 0.497 e. The molecule has 2 rings (SSSR count). The van der Waals surface area contributed by atoms with E-state index < -0.39 is 0 Å². The molecule has 0 saturated heterocycles. The minimum atomic E-state index is 0.401. The third-order valence-corrected chi connectivity index (χ3v) is 3.11. The van der Waals surface area contributed by atoms with Crippen LogP contribution in [0.5, 0.6) is 5.75 Å². The maximum Gasteiger partial charge on any atom is 0.210 e. The lowest BCUT2D eigenvalue weighted by molar-refractivity contribution is 0.415. The standard InChI is InChI=1S/C11H15BrN4O/c1-17-8-4-5-9(12)10(6-8)15-11(16-13)14-7-2-3-7/h4-7H,2-3,13H2,1H3,(H2,14,15,16). The van der Waals surface area contributed by atoms with Gasteiger partial charge >= 0.3 is 0 Å². The molecule has 0 aromatic heterocycles. The molecule has 92 valence electrons. The van der Waals surface area contributed by atoms with Gasteiger partial charge in [-0.25, -0.2) is 10.8 Å². The second-order valence-electron chi connectivity index (χ2n) is 3.82. The molecule has 1 aliphatic carbocycles. The van der Waals surface area contributed by atoms with Gasteiger partial charge in [0.05, 0.1) is 18.8 Å². The van der Waals surface area contributed by atoms with E-state index in [0.29, 0.717) is 12.0 Å². The average Bonchev–Trinajstić information content (AvgIpc) is 3.14. The van der Waals surface area contributed by atoms with Crippen molar-refractivity contribution in [1.29, 1.82) is 0 Å². The van der Waals surface area contributed by atoms with Crippen molar-refractivity contribution in [3.63, 3.8) is 0 Å². The zero-order chi connectivity index (χ0) is 12.3. The number of benzene rings is 1. The van der Waals surface area contributed by atoms with Gasteiger partial charge in [0, 0.05) is 10.5 Å². The molecule has 0 spiro atoms. The quantitative estimate of drug-likeness (QED) is 0.345. The van der Waals surface area contributed by atoms with Gasteiger partial charge in [0.15, 0.2) is 0 Å². The SMILES string of the molecule is COc1ccc(Br)c(NC(=NC2CC2)NN)c1. The Hall–Kier alpha value is -1.27. The molecule has 1 saturated carbocycles. The normalized spacial score (nSPS) is 15.6. The molecule has 1 fully saturated rings. The summed E-state index contributed by atoms with van der Waals surface area (Å²) in [5, 5.41) is 3.13. The number of rotatable bonds is 3. The molecule has 6 heteroatoms. The fraction of sp³-hybridized carbons (Fsp3) is 0.364. The van der Waals surface area contributed by atoms with Crippen molar-refractivity contribution in [3.8, 4) is 5.75 Å². The summed E-state index contributed by atoms with van der Waals surface area (Å²) in [7, 11) is 1.63. The Morgan fingerprint density at radius 2 is 2.29 bits per heavy atom. The molecule has 0 atom stereocenters. The van der Waals surface area contributed by atoms with Crippen molar-refractivity contribution in [3.05, 3.63) is 22.7 Å². The van der Waals surface area contributed by atoms with Crippen LogP contribution in [-0.4, -0.2) is 19.1 Å². The van der Waals surface area contributed by atoms with Gasteiger partial charge in [-0.2, -0.15) is 0 Å². The van der Waals surface area contributed by atoms with Crippen LogP contribution in [0.1, 0.15) is 12.8 Å². The molecule has 5 nitrogen and oxygen atoms in total. The van der Waals surface area contributed by atoms with Crippen LogP contribution in [0.25, 0.3) is 0 Å². The van der Waals surface area contributed by atoms with Crippen LogP contribution >= 0.6 is 15.9 Å². The molecule has 1 aromatic carbocycles. The number of guanidine groups is 1. The molecule has 17 heavy (non-hydrogen) atoms. The Bertz CT molecular complexity index is 431. The van der Waals surface area contributed by atoms with Gasteiger partial charge in [-0.15, -0.1) is 0 Å². The number of ether oxygens (including phenoxy) is 1. The maximum absolute atomic E-state index is 5.43. The summed E-state index contributed by atoms with van der Waals surface area (Å²) >= 11 is 3.46. The van der Waals surface area contributed by atoms with E-state index in [-0.39, 0.29) is 0 Å². The zero-order valence-corrected chi connectivity index (χ0v) is 11.1. The lowest BCUT2D eigenvalue weighted by Crippen LogP contribution is -2.36. The number of nitrogens with two attached hydrogens (primary N) is 1. The second-order valence-corrected chi connectivity index (χ2v) is 4.68. The number of methoxy groups -OCH3 is 1. The fourth-order valence-electron chi connectivity index (χ4n) is 1.35. The summed E-state index contributed by atoms with van der Waals surface area (Å²) in [6.45, 7) is 0. The first-order valence-corrected chi connectivity index (χ1v) is 6.17. The van der Waals surface area contributed by atoms with Crippen molar-refractivity contribution in [2.75, 3.05) is 12.4 Å². The van der Waals surface area contributed by atoms with Crippen LogP contribution < -0.4 is 21.3 Å². The Labute approximate surface area is 109 Å². The molecule has 0 amide bonds. The average molecular weight is 299 g/mol. The number of nitrogens with one attached hydrogen (secondary N) is 2. The molecule has 0 bridgehead atoms. The summed E-state index contributed by atoms with van der Waals surface area (Å²) in [4.78, 5) is 4.41. The lowest BCUT2D eigenvalue weighted by atomic mass is 10.3. The number of aliphatic imine (C=N–C) groups is 1. The first kappa shape index (κ1) is 12.2. The van der Waals surface area contributed by atoms with Gasteiger partial charge in [0.25, 0.3) is 0 Å². The minimum absolute atomic E-state index is 0.401. The Morgan fingerprint density at radius 3 is 2.88 bits per heavy atom. The smallest absolute Gasteiger partial charge is 0.210 e. The van der Waals surface area contributed by atoms with Gasteiger partial charge in [0.1, 0.15) is 5.75 Å². The van der Waals surface area contributed by atoms with E-state index in [1.165, 1.54) is 0 Å². The number of halogens is 1. The molecule has 0 aliphatic heterocycles. The summed E-state index contributed by atoms with van der Waals surface area (Å²) in [6, 6.07) is 6.07. The third-order valence-electron chi connectivity index (χ3n) is 2.42. The highest BCUT2D eigenvalue weighted by molar-refractivity contribution is 9.10. The van der Waals surface area contributed by atoms with Crippen LogP contribution in [0.2, 0.25) is 0 Å². The predicted molar refractivity (Wildman–Crippen MR) is 72.1 cm³/mol.